The molecule has 4 aliphatic rings. The van der Waals surface area contributed by atoms with Crippen LogP contribution in [0.5, 0.6) is 0 Å². The van der Waals surface area contributed by atoms with Gasteiger partial charge in [0, 0.05) is 36.8 Å². The summed E-state index contributed by atoms with van der Waals surface area (Å²) in [5, 5.41) is 3.27. The molecular formula is C27H33N3O. The Morgan fingerprint density at radius 2 is 1.87 bits per heavy atom. The SMILES string of the molecule is Cc1cccc(CNC(=O)[C@@H]2CC[C@H]3[C@@H]4CCC5[C@H](C=Cc6nccn65)[C@H]4CC[C@@H]32)c1. The molecule has 0 spiro atoms. The predicted octanol–water partition coefficient (Wildman–Crippen LogP) is 5.15. The lowest BCUT2D eigenvalue weighted by atomic mass is 9.56. The number of aryl methyl sites for hydroxylation is 1. The number of imidazole rings is 1. The summed E-state index contributed by atoms with van der Waals surface area (Å²) in [7, 11) is 0. The highest BCUT2D eigenvalue weighted by Gasteiger charge is 2.52. The number of rotatable bonds is 3. The fraction of sp³-hybridized carbons (Fsp3) is 0.556. The molecule has 1 aliphatic heterocycles. The van der Waals surface area contributed by atoms with Crippen molar-refractivity contribution < 1.29 is 4.79 Å². The summed E-state index contributed by atoms with van der Waals surface area (Å²) in [4.78, 5) is 17.6. The average molecular weight is 416 g/mol. The van der Waals surface area contributed by atoms with Crippen molar-refractivity contribution in [3.63, 3.8) is 0 Å². The van der Waals surface area contributed by atoms with Gasteiger partial charge in [0.1, 0.15) is 5.82 Å². The lowest BCUT2D eigenvalue weighted by Gasteiger charge is -2.51. The quantitative estimate of drug-likeness (QED) is 0.753. The molecule has 3 fully saturated rings. The van der Waals surface area contributed by atoms with Gasteiger partial charge >= 0.3 is 0 Å². The van der Waals surface area contributed by atoms with Crippen LogP contribution in [0, 0.1) is 42.4 Å². The third-order valence-electron chi connectivity index (χ3n) is 8.95. The molecule has 4 heteroatoms. The Morgan fingerprint density at radius 1 is 1.06 bits per heavy atom. The molecular weight excluding hydrogens is 382 g/mol. The highest BCUT2D eigenvalue weighted by Crippen LogP contribution is 2.58. The molecule has 1 aromatic carbocycles. The number of hydrogen-bond acceptors (Lipinski definition) is 2. The maximum Gasteiger partial charge on any atom is 0.223 e. The number of nitrogens with zero attached hydrogens (tertiary/aromatic N) is 2. The lowest BCUT2D eigenvalue weighted by Crippen LogP contribution is -2.45. The molecule has 3 saturated carbocycles. The first-order valence-electron chi connectivity index (χ1n) is 12.2. The molecule has 1 unspecified atom stereocenters. The van der Waals surface area contributed by atoms with Crippen LogP contribution in [0.2, 0.25) is 0 Å². The van der Waals surface area contributed by atoms with Gasteiger partial charge < -0.3 is 9.88 Å². The van der Waals surface area contributed by atoms with E-state index in [1.165, 1.54) is 43.2 Å². The number of amides is 1. The molecule has 0 bridgehead atoms. The highest BCUT2D eigenvalue weighted by molar-refractivity contribution is 5.79. The lowest BCUT2D eigenvalue weighted by molar-refractivity contribution is -0.127. The molecule has 2 heterocycles. The van der Waals surface area contributed by atoms with E-state index in [0.717, 1.165) is 30.0 Å². The second-order valence-electron chi connectivity index (χ2n) is 10.4. The van der Waals surface area contributed by atoms with Crippen molar-refractivity contribution >= 4 is 12.0 Å². The highest BCUT2D eigenvalue weighted by atomic mass is 16.1. The molecule has 7 atom stereocenters. The molecule has 0 saturated heterocycles. The van der Waals surface area contributed by atoms with Crippen molar-refractivity contribution in [2.24, 2.45) is 35.5 Å². The topological polar surface area (TPSA) is 46.9 Å². The Bertz CT molecular complexity index is 1010. The Morgan fingerprint density at radius 3 is 2.77 bits per heavy atom. The summed E-state index contributed by atoms with van der Waals surface area (Å²) in [6, 6.07) is 9.06. The van der Waals surface area contributed by atoms with Gasteiger partial charge in [0.25, 0.3) is 0 Å². The predicted molar refractivity (Wildman–Crippen MR) is 122 cm³/mol. The Balaban J connectivity index is 1.13. The van der Waals surface area contributed by atoms with Gasteiger partial charge in [-0.2, -0.15) is 0 Å². The first kappa shape index (κ1) is 19.3. The van der Waals surface area contributed by atoms with E-state index in [9.17, 15) is 4.79 Å². The molecule has 162 valence electrons. The van der Waals surface area contributed by atoms with Gasteiger partial charge in [0.15, 0.2) is 0 Å². The number of carbonyl (C=O) groups excluding carboxylic acids is 1. The summed E-state index contributed by atoms with van der Waals surface area (Å²) in [5.74, 6) is 5.19. The molecule has 1 amide bonds. The largest absolute Gasteiger partial charge is 0.352 e. The van der Waals surface area contributed by atoms with Crippen molar-refractivity contribution in [2.75, 3.05) is 0 Å². The molecule has 1 N–H and O–H groups in total. The standard InChI is InChI=1S/C27H33N3O/c1-17-3-2-4-18(15-17)16-29-27(31)24-8-7-19-20-9-11-25-23(21(20)5-6-22(19)24)10-12-26-28-13-14-30(25)26/h2-4,10,12-15,19-25H,5-9,11,16H2,1H3,(H,29,31)/t19-,20-,21-,22-,23+,24+,25?/m0/s1. The van der Waals surface area contributed by atoms with Crippen molar-refractivity contribution in [1.29, 1.82) is 0 Å². The van der Waals surface area contributed by atoms with E-state index >= 15 is 0 Å². The van der Waals surface area contributed by atoms with E-state index in [4.69, 9.17) is 0 Å². The van der Waals surface area contributed by atoms with E-state index in [1.54, 1.807) is 0 Å². The third kappa shape index (κ3) is 3.26. The van der Waals surface area contributed by atoms with Gasteiger partial charge in [-0.1, -0.05) is 35.9 Å². The van der Waals surface area contributed by atoms with Crippen molar-refractivity contribution in [3.05, 3.63) is 59.7 Å². The van der Waals surface area contributed by atoms with Gasteiger partial charge in [-0.05, 0) is 80.8 Å². The number of carbonyl (C=O) groups is 1. The van der Waals surface area contributed by atoms with E-state index in [1.807, 2.05) is 6.20 Å². The zero-order chi connectivity index (χ0) is 20.9. The molecule has 2 aromatic rings. The Hall–Kier alpha value is -2.36. The molecule has 3 aliphatic carbocycles. The number of allylic oxidation sites excluding steroid dienone is 1. The van der Waals surface area contributed by atoms with Gasteiger partial charge in [-0.25, -0.2) is 4.98 Å². The average Bonchev–Trinajstić information content (AvgIpc) is 3.44. The minimum atomic E-state index is 0.218. The van der Waals surface area contributed by atoms with Crippen molar-refractivity contribution in [1.82, 2.24) is 14.9 Å². The Labute approximate surface area is 185 Å². The molecule has 1 aromatic heterocycles. The normalized spacial score (nSPS) is 35.6. The van der Waals surface area contributed by atoms with Crippen molar-refractivity contribution in [2.45, 2.75) is 58.0 Å². The fourth-order valence-electron chi connectivity index (χ4n) is 7.70. The van der Waals surface area contributed by atoms with Crippen LogP contribution >= 0.6 is 0 Å². The number of aromatic nitrogens is 2. The number of benzene rings is 1. The van der Waals surface area contributed by atoms with Gasteiger partial charge in [-0.3, -0.25) is 4.79 Å². The van der Waals surface area contributed by atoms with Crippen LogP contribution < -0.4 is 5.32 Å². The summed E-state index contributed by atoms with van der Waals surface area (Å²) in [6.45, 7) is 2.76. The zero-order valence-electron chi connectivity index (χ0n) is 18.4. The fourth-order valence-corrected chi connectivity index (χ4v) is 7.70. The second-order valence-corrected chi connectivity index (χ2v) is 10.4. The maximum absolute atomic E-state index is 13.1. The van der Waals surface area contributed by atoms with Crippen LogP contribution in [0.25, 0.3) is 6.08 Å². The minimum absolute atomic E-state index is 0.218. The molecule has 6 rings (SSSR count). The van der Waals surface area contributed by atoms with Gasteiger partial charge in [0.2, 0.25) is 5.91 Å². The van der Waals surface area contributed by atoms with Crippen LogP contribution in [-0.2, 0) is 11.3 Å². The van der Waals surface area contributed by atoms with Gasteiger partial charge in [0.05, 0.1) is 0 Å². The molecule has 4 nitrogen and oxygen atoms in total. The number of hydrogen-bond donors (Lipinski definition) is 1. The van der Waals surface area contributed by atoms with E-state index in [0.29, 0.717) is 30.3 Å². The third-order valence-corrected chi connectivity index (χ3v) is 8.95. The monoisotopic (exact) mass is 415 g/mol. The molecule has 0 radical (unpaired) electrons. The number of nitrogens with one attached hydrogen (secondary N) is 1. The summed E-state index contributed by atoms with van der Waals surface area (Å²) < 4.78 is 2.42. The van der Waals surface area contributed by atoms with Crippen LogP contribution in [0.4, 0.5) is 0 Å². The smallest absolute Gasteiger partial charge is 0.223 e. The van der Waals surface area contributed by atoms with E-state index < -0.39 is 0 Å². The van der Waals surface area contributed by atoms with Crippen molar-refractivity contribution in [3.8, 4) is 0 Å². The first-order valence-corrected chi connectivity index (χ1v) is 12.2. The summed E-state index contributed by atoms with van der Waals surface area (Å²) in [5.41, 5.74) is 2.45. The molecule has 31 heavy (non-hydrogen) atoms. The van der Waals surface area contributed by atoms with E-state index in [-0.39, 0.29) is 5.92 Å². The second kappa shape index (κ2) is 7.65. The number of fused-ring (bicyclic) bond motifs is 7. The van der Waals surface area contributed by atoms with Crippen LogP contribution in [0.3, 0.4) is 0 Å². The Kier molecular flexibility index (Phi) is 4.77. The zero-order valence-corrected chi connectivity index (χ0v) is 18.4. The van der Waals surface area contributed by atoms with Crippen LogP contribution in [0.15, 0.2) is 42.7 Å². The maximum atomic E-state index is 13.1. The first-order chi connectivity index (χ1) is 15.2. The van der Waals surface area contributed by atoms with Crippen LogP contribution in [0.1, 0.15) is 61.5 Å². The summed E-state index contributed by atoms with van der Waals surface area (Å²) in [6.07, 6.45) is 16.2. The van der Waals surface area contributed by atoms with E-state index in [2.05, 4.69) is 64.4 Å². The minimum Gasteiger partial charge on any atom is -0.352 e. The van der Waals surface area contributed by atoms with Gasteiger partial charge in [-0.15, -0.1) is 0 Å². The van der Waals surface area contributed by atoms with Crippen LogP contribution in [-0.4, -0.2) is 15.5 Å². The summed E-state index contributed by atoms with van der Waals surface area (Å²) >= 11 is 0.